The average Bonchev–Trinajstić information content (AvgIpc) is 2.65. The Bertz CT molecular complexity index is 394. The molecule has 106 valence electrons. The zero-order chi connectivity index (χ0) is 13.7. The summed E-state index contributed by atoms with van der Waals surface area (Å²) >= 11 is 6.09. The molecule has 2 heteroatoms. The first kappa shape index (κ1) is 14.9. The van der Waals surface area contributed by atoms with Crippen LogP contribution in [0.5, 0.6) is 0 Å². The lowest BCUT2D eigenvalue weighted by Crippen LogP contribution is -2.28. The first-order valence-corrected chi connectivity index (χ1v) is 8.09. The summed E-state index contributed by atoms with van der Waals surface area (Å²) in [6, 6.07) is 6.85. The molecule has 0 saturated heterocycles. The maximum Gasteiger partial charge on any atom is 0.0408 e. The third-order valence-electron chi connectivity index (χ3n) is 4.36. The lowest BCUT2D eigenvalue weighted by Gasteiger charge is -2.29. The monoisotopic (exact) mass is 279 g/mol. The highest BCUT2D eigenvalue weighted by atomic mass is 35.5. The summed E-state index contributed by atoms with van der Waals surface area (Å²) in [6.07, 6.45) is 8.32. The van der Waals surface area contributed by atoms with Crippen LogP contribution in [0, 0.1) is 12.8 Å². The van der Waals surface area contributed by atoms with Crippen LogP contribution in [0.3, 0.4) is 0 Å². The molecule has 0 bridgehead atoms. The fraction of sp³-hybridized carbons (Fsp3) is 0.647. The Kier molecular flexibility index (Phi) is 5.72. The molecule has 1 nitrogen and oxygen atoms in total. The highest BCUT2D eigenvalue weighted by molar-refractivity contribution is 6.30. The summed E-state index contributed by atoms with van der Waals surface area (Å²) in [7, 11) is 0. The van der Waals surface area contributed by atoms with Crippen LogP contribution < -0.4 is 5.32 Å². The predicted octanol–water partition coefficient (Wildman–Crippen LogP) is 5.27. The van der Waals surface area contributed by atoms with E-state index in [-0.39, 0.29) is 0 Å². The Morgan fingerprint density at radius 1 is 1.21 bits per heavy atom. The van der Waals surface area contributed by atoms with E-state index in [1.54, 1.807) is 0 Å². The molecule has 0 amide bonds. The Labute approximate surface area is 122 Å². The van der Waals surface area contributed by atoms with E-state index in [9.17, 15) is 0 Å². The molecule has 0 aromatic heterocycles. The van der Waals surface area contributed by atoms with Crippen LogP contribution in [-0.2, 0) is 0 Å². The zero-order valence-electron chi connectivity index (χ0n) is 12.2. The summed E-state index contributed by atoms with van der Waals surface area (Å²) in [6.45, 7) is 5.42. The first-order chi connectivity index (χ1) is 9.22. The van der Waals surface area contributed by atoms with Gasteiger partial charge in [-0.3, -0.25) is 0 Å². The topological polar surface area (TPSA) is 12.0 Å². The molecule has 1 aromatic rings. The van der Waals surface area contributed by atoms with E-state index >= 15 is 0 Å². The minimum atomic E-state index is 0.500. The molecule has 1 atom stereocenters. The molecule has 0 radical (unpaired) electrons. The van der Waals surface area contributed by atoms with Crippen LogP contribution in [0.25, 0.3) is 0 Å². The van der Waals surface area contributed by atoms with Crippen molar-refractivity contribution < 1.29 is 0 Å². The van der Waals surface area contributed by atoms with Crippen molar-refractivity contribution in [2.45, 2.75) is 58.4 Å². The summed E-state index contributed by atoms with van der Waals surface area (Å²) in [5, 5.41) is 4.56. The molecule has 1 N–H and O–H groups in total. The Morgan fingerprint density at radius 3 is 2.47 bits per heavy atom. The van der Waals surface area contributed by atoms with Crippen molar-refractivity contribution in [1.29, 1.82) is 0 Å². The molecule has 1 unspecified atom stereocenters. The van der Waals surface area contributed by atoms with Gasteiger partial charge in [0.2, 0.25) is 0 Å². The van der Waals surface area contributed by atoms with Gasteiger partial charge in [0.05, 0.1) is 0 Å². The van der Waals surface area contributed by atoms with Crippen molar-refractivity contribution in [2.75, 3.05) is 6.54 Å². The van der Waals surface area contributed by atoms with Crippen LogP contribution in [-0.4, -0.2) is 6.54 Å². The van der Waals surface area contributed by atoms with Crippen LogP contribution in [0.1, 0.15) is 62.6 Å². The van der Waals surface area contributed by atoms with Gasteiger partial charge in [-0.15, -0.1) is 0 Å². The van der Waals surface area contributed by atoms with E-state index in [1.807, 2.05) is 6.07 Å². The first-order valence-electron chi connectivity index (χ1n) is 7.71. The van der Waals surface area contributed by atoms with Crippen LogP contribution in [0.15, 0.2) is 18.2 Å². The predicted molar refractivity (Wildman–Crippen MR) is 83.8 cm³/mol. The minimum absolute atomic E-state index is 0.500. The van der Waals surface area contributed by atoms with Gasteiger partial charge in [-0.25, -0.2) is 0 Å². The van der Waals surface area contributed by atoms with Crippen molar-refractivity contribution in [2.24, 2.45) is 5.92 Å². The second kappa shape index (κ2) is 7.31. The number of halogens is 1. The van der Waals surface area contributed by atoms with Crippen molar-refractivity contribution in [3.05, 3.63) is 34.3 Å². The molecule has 0 aliphatic heterocycles. The SMILES string of the molecule is CCNC(c1ccc(Cl)cc1C)C1CCCCCC1. The highest BCUT2D eigenvalue weighted by Gasteiger charge is 2.24. The standard InChI is InChI=1S/C17H26ClN/c1-3-19-17(14-8-6-4-5-7-9-14)16-11-10-15(18)12-13(16)2/h10-12,14,17,19H,3-9H2,1-2H3. The number of rotatable bonds is 4. The van der Waals surface area contributed by atoms with Crippen LogP contribution in [0.2, 0.25) is 5.02 Å². The van der Waals surface area contributed by atoms with Gasteiger partial charge in [0.25, 0.3) is 0 Å². The smallest absolute Gasteiger partial charge is 0.0408 e. The number of hydrogen-bond donors (Lipinski definition) is 1. The van der Waals surface area contributed by atoms with Crippen molar-refractivity contribution in [3.63, 3.8) is 0 Å². The fourth-order valence-electron chi connectivity index (χ4n) is 3.38. The minimum Gasteiger partial charge on any atom is -0.310 e. The van der Waals surface area contributed by atoms with Gasteiger partial charge in [-0.2, -0.15) is 0 Å². The largest absolute Gasteiger partial charge is 0.310 e. The third-order valence-corrected chi connectivity index (χ3v) is 4.60. The number of aryl methyl sites for hydroxylation is 1. The van der Waals surface area contributed by atoms with Gasteiger partial charge in [0.15, 0.2) is 0 Å². The molecule has 0 heterocycles. The summed E-state index contributed by atoms with van der Waals surface area (Å²) < 4.78 is 0. The lowest BCUT2D eigenvalue weighted by molar-refractivity contribution is 0.329. The van der Waals surface area contributed by atoms with Gasteiger partial charge >= 0.3 is 0 Å². The van der Waals surface area contributed by atoms with Gasteiger partial charge in [-0.05, 0) is 55.5 Å². The molecule has 1 fully saturated rings. The Morgan fingerprint density at radius 2 is 1.89 bits per heavy atom. The van der Waals surface area contributed by atoms with Crippen molar-refractivity contribution in [1.82, 2.24) is 5.32 Å². The molecular weight excluding hydrogens is 254 g/mol. The lowest BCUT2D eigenvalue weighted by atomic mass is 9.85. The Balaban J connectivity index is 2.22. The van der Waals surface area contributed by atoms with E-state index in [2.05, 4.69) is 31.3 Å². The third kappa shape index (κ3) is 3.97. The van der Waals surface area contributed by atoms with Gasteiger partial charge < -0.3 is 5.32 Å². The van der Waals surface area contributed by atoms with E-state index < -0.39 is 0 Å². The maximum absolute atomic E-state index is 6.09. The molecule has 19 heavy (non-hydrogen) atoms. The molecule has 0 spiro atoms. The summed E-state index contributed by atoms with van der Waals surface area (Å²) in [5.41, 5.74) is 2.76. The second-order valence-electron chi connectivity index (χ2n) is 5.79. The van der Waals surface area contributed by atoms with Crippen LogP contribution in [0.4, 0.5) is 0 Å². The fourth-order valence-corrected chi connectivity index (χ4v) is 3.61. The molecule has 1 aromatic carbocycles. The van der Waals surface area contributed by atoms with Gasteiger partial charge in [0, 0.05) is 11.1 Å². The van der Waals surface area contributed by atoms with E-state index in [0.29, 0.717) is 6.04 Å². The van der Waals surface area contributed by atoms with E-state index in [4.69, 9.17) is 11.6 Å². The highest BCUT2D eigenvalue weighted by Crippen LogP contribution is 2.35. The number of nitrogens with one attached hydrogen (secondary N) is 1. The molecule has 1 aliphatic rings. The van der Waals surface area contributed by atoms with E-state index in [0.717, 1.165) is 17.5 Å². The van der Waals surface area contributed by atoms with Crippen molar-refractivity contribution in [3.8, 4) is 0 Å². The molecular formula is C17H26ClN. The molecule has 2 rings (SSSR count). The van der Waals surface area contributed by atoms with Crippen LogP contribution >= 0.6 is 11.6 Å². The average molecular weight is 280 g/mol. The quantitative estimate of drug-likeness (QED) is 0.741. The maximum atomic E-state index is 6.09. The molecule has 1 aliphatic carbocycles. The number of hydrogen-bond acceptors (Lipinski definition) is 1. The molecule has 1 saturated carbocycles. The van der Waals surface area contributed by atoms with Gasteiger partial charge in [0.1, 0.15) is 0 Å². The van der Waals surface area contributed by atoms with E-state index in [1.165, 1.54) is 49.7 Å². The Hall–Kier alpha value is -0.530. The normalized spacial score (nSPS) is 19.1. The van der Waals surface area contributed by atoms with Crippen molar-refractivity contribution >= 4 is 11.6 Å². The summed E-state index contributed by atoms with van der Waals surface area (Å²) in [4.78, 5) is 0. The number of benzene rings is 1. The zero-order valence-corrected chi connectivity index (χ0v) is 13.0. The second-order valence-corrected chi connectivity index (χ2v) is 6.22. The summed E-state index contributed by atoms with van der Waals surface area (Å²) in [5.74, 6) is 0.780. The van der Waals surface area contributed by atoms with Gasteiger partial charge in [-0.1, -0.05) is 50.3 Å².